The maximum atomic E-state index is 5.53. The normalized spacial score (nSPS) is 15.0. The van der Waals surface area contributed by atoms with Gasteiger partial charge < -0.3 is 0 Å². The van der Waals surface area contributed by atoms with Crippen molar-refractivity contribution in [3.8, 4) is 35.5 Å². The quantitative estimate of drug-likeness (QED) is 0.433. The molecule has 0 aliphatic heterocycles. The van der Waals surface area contributed by atoms with E-state index in [9.17, 15) is 0 Å². The Bertz CT molecular complexity index is 333. The third-order valence-electron chi connectivity index (χ3n) is 1.87. The van der Waals surface area contributed by atoms with Crippen molar-refractivity contribution in [1.82, 2.24) is 0 Å². The molecule has 0 saturated heterocycles. The molecule has 2 heteroatoms. The highest BCUT2D eigenvalue weighted by molar-refractivity contribution is 7.72. The van der Waals surface area contributed by atoms with Gasteiger partial charge in [-0.15, -0.1) is 12.8 Å². The van der Waals surface area contributed by atoms with E-state index < -0.39 is 15.8 Å². The van der Waals surface area contributed by atoms with Gasteiger partial charge in [-0.2, -0.15) is 0 Å². The fourth-order valence-electron chi connectivity index (χ4n) is 0.887. The van der Waals surface area contributed by atoms with E-state index in [0.717, 1.165) is 0 Å². The van der Waals surface area contributed by atoms with Crippen molar-refractivity contribution in [2.75, 3.05) is 0 Å². The maximum absolute atomic E-state index is 5.53. The molecular formula is C14H20P2. The molecule has 0 spiro atoms. The summed E-state index contributed by atoms with van der Waals surface area (Å²) in [7, 11) is -1.40. The largest absolute Gasteiger partial charge is 0.114 e. The summed E-state index contributed by atoms with van der Waals surface area (Å²) in [6.45, 7) is 12.8. The summed E-state index contributed by atoms with van der Waals surface area (Å²) in [5.74, 6) is 0. The van der Waals surface area contributed by atoms with Gasteiger partial charge in [0.15, 0.2) is 0 Å². The van der Waals surface area contributed by atoms with Crippen LogP contribution in [0.3, 0.4) is 0 Å². The molecule has 86 valence electrons. The van der Waals surface area contributed by atoms with Gasteiger partial charge in [0.05, 0.1) is 15.8 Å². The van der Waals surface area contributed by atoms with Crippen molar-refractivity contribution in [1.29, 1.82) is 0 Å². The zero-order chi connectivity index (χ0) is 13.0. The van der Waals surface area contributed by atoms with Crippen LogP contribution in [0, 0.1) is 35.5 Å². The number of rotatable bonds is 0. The Morgan fingerprint density at radius 3 is 1.06 bits per heavy atom. The van der Waals surface area contributed by atoms with Crippen LogP contribution < -0.4 is 0 Å². The Kier molecular flexibility index (Phi) is 5.58. The molecule has 0 saturated carbocycles. The molecule has 0 aromatic rings. The Labute approximate surface area is 103 Å². The lowest BCUT2D eigenvalue weighted by Gasteiger charge is -2.23. The van der Waals surface area contributed by atoms with E-state index in [1.165, 1.54) is 0 Å². The van der Waals surface area contributed by atoms with Crippen LogP contribution in [0.2, 0.25) is 0 Å². The molecule has 0 aromatic carbocycles. The molecule has 0 aliphatic carbocycles. The zero-order valence-corrected chi connectivity index (χ0v) is 12.8. The van der Waals surface area contributed by atoms with Crippen molar-refractivity contribution >= 4 is 15.8 Å². The van der Waals surface area contributed by atoms with E-state index in [2.05, 4.69) is 64.2 Å². The van der Waals surface area contributed by atoms with Crippen molar-refractivity contribution in [3.05, 3.63) is 0 Å². The predicted octanol–water partition coefficient (Wildman–Crippen LogP) is 4.65. The van der Waals surface area contributed by atoms with Crippen molar-refractivity contribution < 1.29 is 0 Å². The van der Waals surface area contributed by atoms with Crippen molar-refractivity contribution in [2.24, 2.45) is 0 Å². The van der Waals surface area contributed by atoms with Gasteiger partial charge in [-0.1, -0.05) is 64.2 Å². The highest BCUT2D eigenvalue weighted by Crippen LogP contribution is 2.51. The highest BCUT2D eigenvalue weighted by atomic mass is 31.1. The standard InChI is InChI=1S/C14H20P2/c1-9-15(13(3,4)5)11-12-16(10-2)14(6,7)8/h1-2H,3-8H3. The first-order chi connectivity index (χ1) is 7.12. The molecule has 0 heterocycles. The van der Waals surface area contributed by atoms with Gasteiger partial charge in [-0.3, -0.25) is 0 Å². The number of hydrogen-bond donors (Lipinski definition) is 0. The zero-order valence-electron chi connectivity index (χ0n) is 11.0. The Hall–Kier alpha value is -0.460. The molecule has 0 amide bonds. The minimum absolute atomic E-state index is 0.0740. The molecule has 0 aliphatic rings. The molecule has 0 fully saturated rings. The molecule has 2 unspecified atom stereocenters. The smallest absolute Gasteiger partial charge is 0.0557 e. The summed E-state index contributed by atoms with van der Waals surface area (Å²) < 4.78 is 0. The Morgan fingerprint density at radius 2 is 0.938 bits per heavy atom. The van der Waals surface area contributed by atoms with E-state index in [-0.39, 0.29) is 10.3 Å². The SMILES string of the molecule is C#CP(C#CP(C#C)C(C)(C)C)C(C)(C)C. The van der Waals surface area contributed by atoms with Crippen LogP contribution in [-0.4, -0.2) is 10.3 Å². The van der Waals surface area contributed by atoms with Crippen LogP contribution in [0.25, 0.3) is 0 Å². The molecule has 0 bridgehead atoms. The van der Waals surface area contributed by atoms with E-state index in [1.54, 1.807) is 0 Å². The molecule has 0 aromatic heterocycles. The average molecular weight is 250 g/mol. The van der Waals surface area contributed by atoms with Gasteiger partial charge in [0.2, 0.25) is 0 Å². The molecule has 16 heavy (non-hydrogen) atoms. The topological polar surface area (TPSA) is 0 Å². The summed E-state index contributed by atoms with van der Waals surface area (Å²) >= 11 is 0. The van der Waals surface area contributed by atoms with Gasteiger partial charge in [-0.25, -0.2) is 0 Å². The van der Waals surface area contributed by atoms with E-state index in [0.29, 0.717) is 0 Å². The van der Waals surface area contributed by atoms with Crippen LogP contribution in [0.4, 0.5) is 0 Å². The summed E-state index contributed by atoms with van der Waals surface area (Å²) in [4.78, 5) is 0. The molecule has 0 N–H and O–H groups in total. The van der Waals surface area contributed by atoms with E-state index in [1.807, 2.05) is 0 Å². The summed E-state index contributed by atoms with van der Waals surface area (Å²) in [5, 5.41) is 0.148. The average Bonchev–Trinajstić information content (AvgIpc) is 2.08. The number of terminal acetylenes is 2. The van der Waals surface area contributed by atoms with E-state index in [4.69, 9.17) is 12.8 Å². The highest BCUT2D eigenvalue weighted by Gasteiger charge is 2.23. The van der Waals surface area contributed by atoms with Gasteiger partial charge in [-0.05, 0) is 0 Å². The van der Waals surface area contributed by atoms with Gasteiger partial charge >= 0.3 is 0 Å². The van der Waals surface area contributed by atoms with E-state index >= 15 is 0 Å². The van der Waals surface area contributed by atoms with Gasteiger partial charge in [0.1, 0.15) is 0 Å². The van der Waals surface area contributed by atoms with Crippen LogP contribution in [-0.2, 0) is 0 Å². The first-order valence-corrected chi connectivity index (χ1v) is 7.85. The summed E-state index contributed by atoms with van der Waals surface area (Å²) in [6.07, 6.45) is 11.1. The van der Waals surface area contributed by atoms with Gasteiger partial charge in [0, 0.05) is 10.3 Å². The summed E-state index contributed by atoms with van der Waals surface area (Å²) in [6, 6.07) is 0. The minimum atomic E-state index is -0.698. The Morgan fingerprint density at radius 1 is 0.688 bits per heavy atom. The van der Waals surface area contributed by atoms with Crippen LogP contribution in [0.5, 0.6) is 0 Å². The minimum Gasteiger partial charge on any atom is -0.114 e. The van der Waals surface area contributed by atoms with Gasteiger partial charge in [0.25, 0.3) is 0 Å². The molecular weight excluding hydrogens is 230 g/mol. The van der Waals surface area contributed by atoms with Crippen molar-refractivity contribution in [3.63, 3.8) is 0 Å². The second-order valence-electron chi connectivity index (χ2n) is 5.49. The maximum Gasteiger partial charge on any atom is 0.0557 e. The number of hydrogen-bond acceptors (Lipinski definition) is 0. The molecule has 0 radical (unpaired) electrons. The fourth-order valence-corrected chi connectivity index (χ4v) is 3.26. The molecule has 0 rings (SSSR count). The Balaban J connectivity index is 5.00. The second-order valence-corrected chi connectivity index (χ2v) is 10.5. The second kappa shape index (κ2) is 5.75. The molecule has 2 atom stereocenters. The first kappa shape index (κ1) is 15.5. The van der Waals surface area contributed by atoms with Crippen LogP contribution in [0.15, 0.2) is 0 Å². The third kappa shape index (κ3) is 5.05. The lowest BCUT2D eigenvalue weighted by atomic mass is 10.3. The third-order valence-corrected chi connectivity index (χ3v) is 5.92. The summed E-state index contributed by atoms with van der Waals surface area (Å²) in [5.41, 5.74) is 12.1. The van der Waals surface area contributed by atoms with Crippen molar-refractivity contribution in [2.45, 2.75) is 51.9 Å². The fraction of sp³-hybridized carbons (Fsp3) is 0.571. The predicted molar refractivity (Wildman–Crippen MR) is 78.8 cm³/mol. The molecule has 0 nitrogen and oxygen atoms in total. The lowest BCUT2D eigenvalue weighted by molar-refractivity contribution is 0.793. The van der Waals surface area contributed by atoms with Crippen LogP contribution in [0.1, 0.15) is 41.5 Å². The van der Waals surface area contributed by atoms with Crippen LogP contribution >= 0.6 is 15.8 Å². The first-order valence-electron chi connectivity index (χ1n) is 5.17. The lowest BCUT2D eigenvalue weighted by Crippen LogP contribution is -2.10. The monoisotopic (exact) mass is 250 g/mol.